The molecule has 1 nitrogen and oxygen atoms in total. The second-order valence-electron chi connectivity index (χ2n) is 0. The van der Waals surface area contributed by atoms with Gasteiger partial charge in [0.15, 0.2) is 0 Å². The van der Waals surface area contributed by atoms with Crippen molar-refractivity contribution in [2.45, 2.75) is 0 Å². The zero-order chi connectivity index (χ0) is 2.00. The van der Waals surface area contributed by atoms with E-state index in [4.69, 9.17) is 3.83 Å². The first kappa shape index (κ1) is 18.1. The van der Waals surface area contributed by atoms with E-state index in [0.717, 1.165) is 0 Å². The fourth-order valence-electron chi connectivity index (χ4n) is 0. The predicted molar refractivity (Wildman–Crippen MR) is 1.80 cm³/mol. The summed E-state index contributed by atoms with van der Waals surface area (Å²) in [5.41, 5.74) is 0. The molecule has 0 heterocycles. The molecule has 0 atom stereocenters. The van der Waals surface area contributed by atoms with Gasteiger partial charge in [-0.15, -0.1) is 0 Å². The van der Waals surface area contributed by atoms with Gasteiger partial charge in [0.05, 0.1) is 0 Å². The molecule has 4 heavy (non-hydrogen) atoms. The second kappa shape index (κ2) is 25.8. The summed E-state index contributed by atoms with van der Waals surface area (Å²) < 4.78 is 8.06. The van der Waals surface area contributed by atoms with Crippen LogP contribution in [0, 0.1) is 0 Å². The molecule has 0 aromatic rings. The summed E-state index contributed by atoms with van der Waals surface area (Å²) in [6.45, 7) is 0. The van der Waals surface area contributed by atoms with Crippen LogP contribution in [-0.2, 0) is 36.3 Å². The Balaban J connectivity index is -0.00000000167. The van der Waals surface area contributed by atoms with Gasteiger partial charge in [-0.05, 0) is 0 Å². The Morgan fingerprint density at radius 1 is 1.50 bits per heavy atom. The Labute approximate surface area is 56.5 Å². The van der Waals surface area contributed by atoms with Crippen LogP contribution >= 0.6 is 0 Å². The van der Waals surface area contributed by atoms with Crippen LogP contribution in [0.3, 0.4) is 0 Å². The average molecular weight is 138 g/mol. The van der Waals surface area contributed by atoms with Crippen LogP contribution in [0.5, 0.6) is 0 Å². The van der Waals surface area contributed by atoms with Gasteiger partial charge in [-0.3, -0.25) is 0 Å². The molecule has 0 aliphatic rings. The van der Waals surface area contributed by atoms with Gasteiger partial charge in [0.25, 0.3) is 0 Å². The molecule has 0 saturated heterocycles. The summed E-state index contributed by atoms with van der Waals surface area (Å²) in [6.07, 6.45) is 0. The predicted octanol–water partition coefficient (Wildman–Crippen LogP) is -3.01. The van der Waals surface area contributed by atoms with Crippen molar-refractivity contribution in [3.8, 4) is 0 Å². The van der Waals surface area contributed by atoms with Crippen molar-refractivity contribution < 1.29 is 56.6 Å². The van der Waals surface area contributed by atoms with Crippen molar-refractivity contribution in [2.75, 3.05) is 0 Å². The standard InChI is InChI=1S/Li.Mn.Ni.O.H/q+1;;;;-1. The molecule has 0 aliphatic carbocycles. The number of hydrogen-bond acceptors (Lipinski definition) is 1. The number of rotatable bonds is 0. The molecular weight excluding hydrogens is 137 g/mol. The molecule has 0 radical (unpaired) electrons. The van der Waals surface area contributed by atoms with E-state index in [1.54, 1.807) is 15.9 Å². The van der Waals surface area contributed by atoms with Crippen molar-refractivity contribution >= 4 is 0 Å². The van der Waals surface area contributed by atoms with Gasteiger partial charge < -0.3 is 1.43 Å². The molecule has 0 amide bonds. The first-order chi connectivity index (χ1) is 1.00. The van der Waals surface area contributed by atoms with E-state index in [0.29, 0.717) is 0 Å². The van der Waals surface area contributed by atoms with Crippen molar-refractivity contribution in [2.24, 2.45) is 0 Å². The molecule has 25 valence electrons. The Morgan fingerprint density at radius 2 is 1.50 bits per heavy atom. The van der Waals surface area contributed by atoms with E-state index < -0.39 is 0 Å². The van der Waals surface area contributed by atoms with Crippen LogP contribution in [-0.4, -0.2) is 0 Å². The molecule has 0 aromatic carbocycles. The average Bonchev–Trinajstić information content (AvgIpc) is 1.00. The minimum absolute atomic E-state index is 0. The Morgan fingerprint density at radius 3 is 1.50 bits per heavy atom. The van der Waals surface area contributed by atoms with Crippen LogP contribution in [0.25, 0.3) is 0 Å². The molecule has 0 rings (SSSR count). The van der Waals surface area contributed by atoms with Crippen molar-refractivity contribution in [3.05, 3.63) is 0 Å². The minimum atomic E-state index is 0. The third-order valence-corrected chi connectivity index (χ3v) is 0. The zero-order valence-corrected chi connectivity index (χ0v) is 4.27. The van der Waals surface area contributed by atoms with Gasteiger partial charge in [-0.25, -0.2) is 0 Å². The van der Waals surface area contributed by atoms with E-state index in [1.807, 2.05) is 0 Å². The van der Waals surface area contributed by atoms with Gasteiger partial charge in [0.2, 0.25) is 0 Å². The van der Waals surface area contributed by atoms with Gasteiger partial charge >= 0.3 is 38.6 Å². The van der Waals surface area contributed by atoms with Crippen molar-refractivity contribution in [1.82, 2.24) is 0 Å². The molecule has 0 N–H and O–H groups in total. The molecule has 0 fully saturated rings. The first-order valence-corrected chi connectivity index (χ1v) is 0.636. The maximum atomic E-state index is 8.06. The third kappa shape index (κ3) is 9.96. The molecule has 0 unspecified atom stereocenters. The Hall–Kier alpha value is 1.41. The molecule has 0 saturated carbocycles. The third-order valence-electron chi connectivity index (χ3n) is 0. The fourth-order valence-corrected chi connectivity index (χ4v) is 0. The first-order valence-electron chi connectivity index (χ1n) is 0.154. The van der Waals surface area contributed by atoms with Gasteiger partial charge in [-0.1, -0.05) is 0 Å². The van der Waals surface area contributed by atoms with E-state index in [-0.39, 0.29) is 36.8 Å². The van der Waals surface area contributed by atoms with Crippen LogP contribution in [0.1, 0.15) is 1.43 Å². The molecule has 0 aromatic heterocycles. The summed E-state index contributed by atoms with van der Waals surface area (Å²) in [4.78, 5) is 0. The van der Waals surface area contributed by atoms with Crippen LogP contribution in [0.15, 0.2) is 0 Å². The number of hydrogen-bond donors (Lipinski definition) is 0. The topological polar surface area (TPSA) is 17.1 Å². The van der Waals surface area contributed by atoms with Gasteiger partial charge in [-0.2, -0.15) is 0 Å². The summed E-state index contributed by atoms with van der Waals surface area (Å²) in [5.74, 6) is 0. The van der Waals surface area contributed by atoms with Crippen LogP contribution < -0.4 is 18.9 Å². The fraction of sp³-hybridized carbons (Fsp3) is 0. The van der Waals surface area contributed by atoms with Crippen LogP contribution in [0.4, 0.5) is 0 Å². The molecule has 0 bridgehead atoms. The zero-order valence-electron chi connectivity index (χ0n) is 3.10. The quantitative estimate of drug-likeness (QED) is 0.325. The normalized spacial score (nSPS) is 1.00. The molecular formula is HLiMnNiO. The van der Waals surface area contributed by atoms with E-state index in [9.17, 15) is 0 Å². The van der Waals surface area contributed by atoms with Crippen LogP contribution in [0.2, 0.25) is 0 Å². The van der Waals surface area contributed by atoms with Crippen molar-refractivity contribution in [3.63, 3.8) is 0 Å². The van der Waals surface area contributed by atoms with E-state index in [1.165, 1.54) is 0 Å². The Kier molecular flexibility index (Phi) is 117. The Bertz CT molecular complexity index is 11.6. The second-order valence-corrected chi connectivity index (χ2v) is 0. The summed E-state index contributed by atoms with van der Waals surface area (Å²) in [7, 11) is 0. The maximum absolute atomic E-state index is 8.06. The van der Waals surface area contributed by atoms with Crippen molar-refractivity contribution in [1.29, 1.82) is 0 Å². The monoisotopic (exact) mass is 137 g/mol. The van der Waals surface area contributed by atoms with E-state index in [2.05, 4.69) is 0 Å². The summed E-state index contributed by atoms with van der Waals surface area (Å²) in [6, 6.07) is 0. The van der Waals surface area contributed by atoms with E-state index >= 15 is 0 Å². The molecule has 0 aliphatic heterocycles. The SMILES string of the molecule is [H-].[Li+].[Ni].[O]=[Mn]. The summed E-state index contributed by atoms with van der Waals surface area (Å²) in [5, 5.41) is 0. The molecule has 0 spiro atoms. The summed E-state index contributed by atoms with van der Waals surface area (Å²) >= 11 is 1.69. The van der Waals surface area contributed by atoms with Gasteiger partial charge in [0.1, 0.15) is 0 Å². The molecule has 4 heteroatoms. The van der Waals surface area contributed by atoms with Gasteiger partial charge in [0, 0.05) is 16.5 Å².